The van der Waals surface area contributed by atoms with Crippen LogP contribution in [0.3, 0.4) is 0 Å². The van der Waals surface area contributed by atoms with Crippen LogP contribution in [0.1, 0.15) is 13.8 Å². The number of hydrogen-bond acceptors (Lipinski definition) is 0. The Balaban J connectivity index is 3.58. The van der Waals surface area contributed by atoms with Gasteiger partial charge in [-0.1, -0.05) is 40.1 Å². The number of hydrogen-bond donors (Lipinski definition) is 0. The summed E-state index contributed by atoms with van der Waals surface area (Å²) in [7, 11) is 5.55. The van der Waals surface area contributed by atoms with Gasteiger partial charge in [0.2, 0.25) is 0 Å². The summed E-state index contributed by atoms with van der Waals surface area (Å²) in [5.74, 6) is 0. The summed E-state index contributed by atoms with van der Waals surface area (Å²) in [6.07, 6.45) is 2.02. The van der Waals surface area contributed by atoms with Gasteiger partial charge in [-0.15, -0.1) is 0 Å². The summed E-state index contributed by atoms with van der Waals surface area (Å²) in [4.78, 5) is 0. The van der Waals surface area contributed by atoms with Gasteiger partial charge in [0.15, 0.2) is 0 Å². The minimum atomic E-state index is 0.341. The highest BCUT2D eigenvalue weighted by Crippen LogP contribution is 2.26. The average molecular weight is 122 g/mol. The Labute approximate surface area is 60.9 Å². The van der Waals surface area contributed by atoms with Crippen molar-refractivity contribution in [1.82, 2.24) is 0 Å². The first-order valence-corrected chi connectivity index (χ1v) is 3.68. The molecule has 0 spiro atoms. The molecule has 0 fully saturated rings. The first kappa shape index (κ1) is 9.13. The Kier molecular flexibility index (Phi) is 3.38. The van der Waals surface area contributed by atoms with E-state index in [1.165, 1.54) is 6.32 Å². The average Bonchev–Trinajstić information content (AvgIpc) is 1.63. The van der Waals surface area contributed by atoms with Gasteiger partial charge >= 0.3 is 0 Å². The largest absolute Gasteiger partial charge is 0.133 e. The Morgan fingerprint density at radius 1 is 1.33 bits per heavy atom. The van der Waals surface area contributed by atoms with Crippen LogP contribution >= 0.6 is 0 Å². The van der Waals surface area contributed by atoms with Crippen molar-refractivity contribution in [3.05, 3.63) is 0 Å². The van der Waals surface area contributed by atoms with Gasteiger partial charge in [0.05, 0.1) is 7.85 Å². The molecule has 0 heterocycles. The van der Waals surface area contributed by atoms with E-state index >= 15 is 0 Å². The van der Waals surface area contributed by atoms with Crippen LogP contribution in [0.25, 0.3) is 0 Å². The molecule has 0 N–H and O–H groups in total. The SMILES string of the molecule is [B]CC(C)(C)CB(C)C. The third-order valence-electron chi connectivity index (χ3n) is 1.51. The van der Waals surface area contributed by atoms with Crippen molar-refractivity contribution in [2.75, 3.05) is 0 Å². The van der Waals surface area contributed by atoms with E-state index in [0.29, 0.717) is 5.41 Å². The van der Waals surface area contributed by atoms with Crippen molar-refractivity contribution in [3.8, 4) is 0 Å². The minimum absolute atomic E-state index is 0.341. The standard InChI is InChI=1S/C7H16B2/c1-7(2,5-8)6-9(3)4/h5-6H2,1-4H3. The molecule has 0 aliphatic heterocycles. The second kappa shape index (κ2) is 3.34. The van der Waals surface area contributed by atoms with E-state index in [1.807, 2.05) is 0 Å². The van der Waals surface area contributed by atoms with Crippen LogP contribution in [0.2, 0.25) is 26.3 Å². The first-order chi connectivity index (χ1) is 3.98. The summed E-state index contributed by atoms with van der Waals surface area (Å²) in [6.45, 7) is 9.66. The van der Waals surface area contributed by atoms with Crippen LogP contribution in [-0.4, -0.2) is 14.6 Å². The van der Waals surface area contributed by atoms with Gasteiger partial charge < -0.3 is 0 Å². The lowest BCUT2D eigenvalue weighted by atomic mass is 9.46. The third kappa shape index (κ3) is 4.62. The Morgan fingerprint density at radius 2 is 1.78 bits per heavy atom. The molecule has 0 nitrogen and oxygen atoms in total. The summed E-state index contributed by atoms with van der Waals surface area (Å²) in [6, 6.07) is 0. The van der Waals surface area contributed by atoms with Crippen LogP contribution in [-0.2, 0) is 0 Å². The van der Waals surface area contributed by atoms with E-state index < -0.39 is 0 Å². The summed E-state index contributed by atoms with van der Waals surface area (Å²) in [5, 5.41) is 0. The molecule has 0 rings (SSSR count). The maximum atomic E-state index is 5.55. The van der Waals surface area contributed by atoms with Gasteiger partial charge in [0, 0.05) is 0 Å². The zero-order valence-corrected chi connectivity index (χ0v) is 7.07. The Bertz CT molecular complexity index is 77.0. The molecule has 0 saturated carbocycles. The fourth-order valence-electron chi connectivity index (χ4n) is 1.19. The van der Waals surface area contributed by atoms with Gasteiger partial charge in [-0.2, -0.15) is 0 Å². The highest BCUT2D eigenvalue weighted by Gasteiger charge is 2.16. The van der Waals surface area contributed by atoms with E-state index in [9.17, 15) is 0 Å². The van der Waals surface area contributed by atoms with Crippen molar-refractivity contribution in [1.29, 1.82) is 0 Å². The third-order valence-corrected chi connectivity index (χ3v) is 1.51. The molecule has 9 heavy (non-hydrogen) atoms. The molecule has 2 radical (unpaired) electrons. The molecule has 0 saturated heterocycles. The molecule has 2 heteroatoms. The zero-order chi connectivity index (χ0) is 7.49. The van der Waals surface area contributed by atoms with Crippen LogP contribution in [0.15, 0.2) is 0 Å². The normalized spacial score (nSPS) is 11.6. The van der Waals surface area contributed by atoms with Crippen molar-refractivity contribution in [2.24, 2.45) is 5.41 Å². The molecular weight excluding hydrogens is 106 g/mol. The van der Waals surface area contributed by atoms with E-state index in [1.54, 1.807) is 0 Å². The maximum Gasteiger partial charge on any atom is 0.133 e. The molecule has 0 unspecified atom stereocenters. The van der Waals surface area contributed by atoms with Gasteiger partial charge in [0.1, 0.15) is 6.71 Å². The fraction of sp³-hybridized carbons (Fsp3) is 1.00. The molecule has 0 atom stereocenters. The predicted octanol–water partition coefficient (Wildman–Crippen LogP) is 2.35. The predicted molar refractivity (Wildman–Crippen MR) is 46.6 cm³/mol. The van der Waals surface area contributed by atoms with Crippen LogP contribution < -0.4 is 0 Å². The lowest BCUT2D eigenvalue weighted by Crippen LogP contribution is -2.17. The minimum Gasteiger partial charge on any atom is -0.0863 e. The quantitative estimate of drug-likeness (QED) is 0.503. The molecule has 0 aliphatic rings. The molecule has 0 aliphatic carbocycles. The van der Waals surface area contributed by atoms with E-state index in [0.717, 1.165) is 13.0 Å². The highest BCUT2D eigenvalue weighted by molar-refractivity contribution is 6.55. The molecule has 0 aromatic carbocycles. The van der Waals surface area contributed by atoms with Crippen molar-refractivity contribution >= 4 is 14.6 Å². The van der Waals surface area contributed by atoms with Crippen LogP contribution in [0.5, 0.6) is 0 Å². The second-order valence-electron chi connectivity index (χ2n) is 3.97. The molecule has 0 aromatic rings. The summed E-state index contributed by atoms with van der Waals surface area (Å²) >= 11 is 0. The molecule has 0 amide bonds. The van der Waals surface area contributed by atoms with Gasteiger partial charge in [0.25, 0.3) is 0 Å². The van der Waals surface area contributed by atoms with E-state index in [2.05, 4.69) is 27.5 Å². The summed E-state index contributed by atoms with van der Waals surface area (Å²) in [5.41, 5.74) is 0.341. The Hall–Kier alpha value is 0.130. The molecule has 0 aromatic heterocycles. The monoisotopic (exact) mass is 122 g/mol. The van der Waals surface area contributed by atoms with Crippen molar-refractivity contribution in [2.45, 2.75) is 40.1 Å². The second-order valence-corrected chi connectivity index (χ2v) is 3.97. The summed E-state index contributed by atoms with van der Waals surface area (Å²) < 4.78 is 0. The lowest BCUT2D eigenvalue weighted by Gasteiger charge is -2.23. The van der Waals surface area contributed by atoms with Crippen molar-refractivity contribution in [3.63, 3.8) is 0 Å². The highest BCUT2D eigenvalue weighted by atomic mass is 14.1. The molecular formula is C7H16B2. The van der Waals surface area contributed by atoms with E-state index in [-0.39, 0.29) is 0 Å². The van der Waals surface area contributed by atoms with Crippen LogP contribution in [0, 0.1) is 5.41 Å². The smallest absolute Gasteiger partial charge is 0.0863 e. The van der Waals surface area contributed by atoms with E-state index in [4.69, 9.17) is 7.85 Å². The maximum absolute atomic E-state index is 5.55. The van der Waals surface area contributed by atoms with Gasteiger partial charge in [-0.3, -0.25) is 0 Å². The Morgan fingerprint density at radius 3 is 1.89 bits per heavy atom. The van der Waals surface area contributed by atoms with Gasteiger partial charge in [-0.05, 0) is 5.41 Å². The topological polar surface area (TPSA) is 0 Å². The number of rotatable bonds is 3. The molecule has 0 bridgehead atoms. The zero-order valence-electron chi connectivity index (χ0n) is 7.07. The molecule has 50 valence electrons. The van der Waals surface area contributed by atoms with Crippen LogP contribution in [0.4, 0.5) is 0 Å². The van der Waals surface area contributed by atoms with Gasteiger partial charge in [-0.25, -0.2) is 0 Å². The first-order valence-electron chi connectivity index (χ1n) is 3.68. The lowest BCUT2D eigenvalue weighted by molar-refractivity contribution is 0.465. The fourth-order valence-corrected chi connectivity index (χ4v) is 1.19. The van der Waals surface area contributed by atoms with Crippen molar-refractivity contribution < 1.29 is 0 Å².